The number of carbonyl (C=O) groups is 1. The summed E-state index contributed by atoms with van der Waals surface area (Å²) in [4.78, 5) is 23.0. The summed E-state index contributed by atoms with van der Waals surface area (Å²) < 4.78 is 50.1. The smallest absolute Gasteiger partial charge is 0.416 e. The molecule has 0 unspecified atom stereocenters. The van der Waals surface area contributed by atoms with E-state index >= 15 is 0 Å². The van der Waals surface area contributed by atoms with Gasteiger partial charge in [0, 0.05) is 17.8 Å². The first-order valence-electron chi connectivity index (χ1n) is 10.8. The molecule has 0 aliphatic heterocycles. The first-order valence-corrected chi connectivity index (χ1v) is 10.8. The Morgan fingerprint density at radius 2 is 1.84 bits per heavy atom. The molecule has 0 aromatic heterocycles. The number of benzene rings is 3. The van der Waals surface area contributed by atoms with Crippen molar-refractivity contribution in [2.24, 2.45) is 0 Å². The maximum Gasteiger partial charge on any atom is 0.416 e. The van der Waals surface area contributed by atoms with Gasteiger partial charge in [-0.3, -0.25) is 14.9 Å². The van der Waals surface area contributed by atoms with Crippen LogP contribution in [0.1, 0.15) is 23.6 Å². The number of alkyl halides is 3. The SMILES string of the molecule is CCOc1cc(/C=C(\C#N)C(=O)Nc2cccc(C(F)(F)F)c2)ccc1OCc1cccc([N+](=O)[O-])c1. The van der Waals surface area contributed by atoms with E-state index in [0.717, 1.165) is 18.2 Å². The lowest BCUT2D eigenvalue weighted by Gasteiger charge is -2.13. The summed E-state index contributed by atoms with van der Waals surface area (Å²) in [5.41, 5.74) is -0.486. The van der Waals surface area contributed by atoms with Crippen LogP contribution in [0.4, 0.5) is 24.5 Å². The van der Waals surface area contributed by atoms with E-state index in [1.807, 2.05) is 0 Å². The quantitative estimate of drug-likeness (QED) is 0.160. The normalized spacial score (nSPS) is 11.4. The molecule has 1 N–H and O–H groups in total. The average molecular weight is 511 g/mol. The number of hydrogen-bond acceptors (Lipinski definition) is 6. The molecule has 3 rings (SSSR count). The zero-order valence-corrected chi connectivity index (χ0v) is 19.4. The molecule has 0 atom stereocenters. The van der Waals surface area contributed by atoms with E-state index in [4.69, 9.17) is 9.47 Å². The summed E-state index contributed by atoms with van der Waals surface area (Å²) in [6.45, 7) is 2.05. The third-order valence-electron chi connectivity index (χ3n) is 4.91. The summed E-state index contributed by atoms with van der Waals surface area (Å²) in [7, 11) is 0. The lowest BCUT2D eigenvalue weighted by molar-refractivity contribution is -0.384. The van der Waals surface area contributed by atoms with Gasteiger partial charge in [0.1, 0.15) is 18.2 Å². The van der Waals surface area contributed by atoms with Crippen LogP contribution in [0.3, 0.4) is 0 Å². The molecule has 11 heteroatoms. The highest BCUT2D eigenvalue weighted by atomic mass is 19.4. The molecular weight excluding hydrogens is 491 g/mol. The van der Waals surface area contributed by atoms with E-state index in [9.17, 15) is 33.3 Å². The van der Waals surface area contributed by atoms with Crippen LogP contribution in [0.25, 0.3) is 6.08 Å². The molecule has 1 amide bonds. The molecule has 190 valence electrons. The van der Waals surface area contributed by atoms with Gasteiger partial charge in [-0.2, -0.15) is 18.4 Å². The molecule has 0 fully saturated rings. The third-order valence-corrected chi connectivity index (χ3v) is 4.91. The molecule has 3 aromatic rings. The van der Waals surface area contributed by atoms with E-state index < -0.39 is 22.6 Å². The van der Waals surface area contributed by atoms with Crippen molar-refractivity contribution < 1.29 is 32.4 Å². The van der Waals surface area contributed by atoms with Gasteiger partial charge in [-0.1, -0.05) is 24.3 Å². The molecule has 3 aromatic carbocycles. The number of nitriles is 1. The van der Waals surface area contributed by atoms with Crippen LogP contribution in [-0.4, -0.2) is 17.4 Å². The summed E-state index contributed by atoms with van der Waals surface area (Å²) in [5, 5.41) is 22.7. The minimum Gasteiger partial charge on any atom is -0.490 e. The van der Waals surface area contributed by atoms with Crippen LogP contribution >= 0.6 is 0 Å². The number of nitro benzene ring substituents is 1. The Morgan fingerprint density at radius 1 is 1.08 bits per heavy atom. The Bertz CT molecular complexity index is 1380. The highest BCUT2D eigenvalue weighted by molar-refractivity contribution is 6.09. The third kappa shape index (κ3) is 7.32. The summed E-state index contributed by atoms with van der Waals surface area (Å²) in [6, 6.07) is 16.4. The monoisotopic (exact) mass is 511 g/mol. The zero-order valence-electron chi connectivity index (χ0n) is 19.4. The minimum atomic E-state index is -4.58. The summed E-state index contributed by atoms with van der Waals surface area (Å²) in [5.74, 6) is -0.250. The first kappa shape index (κ1) is 26.7. The van der Waals surface area contributed by atoms with Gasteiger partial charge >= 0.3 is 6.18 Å². The standard InChI is InChI=1S/C26H20F3N3O5/c1-2-36-24-13-17(9-10-23(24)37-16-18-5-3-8-22(12-18)32(34)35)11-19(15-30)25(33)31-21-7-4-6-20(14-21)26(27,28)29/h3-14H,2,16H2,1H3,(H,31,33)/b19-11+. The lowest BCUT2D eigenvalue weighted by Crippen LogP contribution is -2.14. The number of nitro groups is 1. The molecule has 0 aliphatic rings. The number of halogens is 3. The van der Waals surface area contributed by atoms with Crippen molar-refractivity contribution in [2.75, 3.05) is 11.9 Å². The predicted molar refractivity (Wildman–Crippen MR) is 129 cm³/mol. The number of hydrogen-bond donors (Lipinski definition) is 1. The minimum absolute atomic E-state index is 0.0276. The van der Waals surface area contributed by atoms with E-state index in [1.165, 1.54) is 30.3 Å². The van der Waals surface area contributed by atoms with Crippen LogP contribution in [-0.2, 0) is 17.6 Å². The summed E-state index contributed by atoms with van der Waals surface area (Å²) >= 11 is 0. The molecule has 0 saturated heterocycles. The largest absolute Gasteiger partial charge is 0.490 e. The van der Waals surface area contributed by atoms with Crippen LogP contribution in [0.2, 0.25) is 0 Å². The van der Waals surface area contributed by atoms with Crippen molar-refractivity contribution in [2.45, 2.75) is 19.7 Å². The van der Waals surface area contributed by atoms with E-state index in [-0.39, 0.29) is 30.2 Å². The molecule has 0 bridgehead atoms. The molecule has 0 saturated carbocycles. The molecule has 0 spiro atoms. The van der Waals surface area contributed by atoms with Gasteiger partial charge in [0.05, 0.1) is 17.1 Å². The second-order valence-corrected chi connectivity index (χ2v) is 7.56. The Hall–Kier alpha value is -4.85. The first-order chi connectivity index (χ1) is 17.6. The molecule has 0 aliphatic carbocycles. The van der Waals surface area contributed by atoms with Gasteiger partial charge < -0.3 is 14.8 Å². The predicted octanol–water partition coefficient (Wildman–Crippen LogP) is 6.14. The number of nitrogens with zero attached hydrogens (tertiary/aromatic N) is 2. The maximum absolute atomic E-state index is 12.9. The Balaban J connectivity index is 1.79. The number of carbonyl (C=O) groups excluding carboxylic acids is 1. The van der Waals surface area contributed by atoms with Crippen molar-refractivity contribution in [1.29, 1.82) is 5.26 Å². The fraction of sp³-hybridized carbons (Fsp3) is 0.154. The maximum atomic E-state index is 12.9. The van der Waals surface area contributed by atoms with Gasteiger partial charge in [-0.15, -0.1) is 0 Å². The van der Waals surface area contributed by atoms with Gasteiger partial charge in [0.2, 0.25) is 0 Å². The Morgan fingerprint density at radius 3 is 2.51 bits per heavy atom. The zero-order chi connectivity index (χ0) is 27.0. The number of rotatable bonds is 9. The van der Waals surface area contributed by atoms with Crippen molar-refractivity contribution in [3.8, 4) is 17.6 Å². The number of anilines is 1. The summed E-state index contributed by atoms with van der Waals surface area (Å²) in [6.07, 6.45) is -3.32. The van der Waals surface area contributed by atoms with Gasteiger partial charge in [0.25, 0.3) is 11.6 Å². The van der Waals surface area contributed by atoms with Gasteiger partial charge in [-0.05, 0) is 54.5 Å². The van der Waals surface area contributed by atoms with Crippen LogP contribution < -0.4 is 14.8 Å². The fourth-order valence-corrected chi connectivity index (χ4v) is 3.21. The second kappa shape index (κ2) is 11.7. The van der Waals surface area contributed by atoms with Gasteiger partial charge in [-0.25, -0.2) is 0 Å². The average Bonchev–Trinajstić information content (AvgIpc) is 2.86. The van der Waals surface area contributed by atoms with Crippen molar-refractivity contribution in [3.05, 3.63) is 99.1 Å². The Kier molecular flexibility index (Phi) is 8.47. The Labute approximate surface area is 209 Å². The number of amides is 1. The fourth-order valence-electron chi connectivity index (χ4n) is 3.21. The topological polar surface area (TPSA) is 114 Å². The van der Waals surface area contributed by atoms with Crippen molar-refractivity contribution in [3.63, 3.8) is 0 Å². The van der Waals surface area contributed by atoms with E-state index in [2.05, 4.69) is 5.32 Å². The van der Waals surface area contributed by atoms with E-state index in [1.54, 1.807) is 37.3 Å². The molecule has 37 heavy (non-hydrogen) atoms. The van der Waals surface area contributed by atoms with E-state index in [0.29, 0.717) is 22.6 Å². The molecular formula is C26H20F3N3O5. The number of non-ortho nitro benzene ring substituents is 1. The molecule has 8 nitrogen and oxygen atoms in total. The highest BCUT2D eigenvalue weighted by Gasteiger charge is 2.30. The van der Waals surface area contributed by atoms with Crippen LogP contribution in [0, 0.1) is 21.4 Å². The second-order valence-electron chi connectivity index (χ2n) is 7.56. The lowest BCUT2D eigenvalue weighted by atomic mass is 10.1. The molecule has 0 radical (unpaired) electrons. The number of ether oxygens (including phenoxy) is 2. The van der Waals surface area contributed by atoms with Crippen LogP contribution in [0.15, 0.2) is 72.3 Å². The highest BCUT2D eigenvalue weighted by Crippen LogP contribution is 2.32. The van der Waals surface area contributed by atoms with Crippen molar-refractivity contribution in [1.82, 2.24) is 0 Å². The van der Waals surface area contributed by atoms with Crippen LogP contribution in [0.5, 0.6) is 11.5 Å². The van der Waals surface area contributed by atoms with Crippen molar-refractivity contribution >= 4 is 23.4 Å². The molecule has 0 heterocycles. The van der Waals surface area contributed by atoms with Gasteiger partial charge in [0.15, 0.2) is 11.5 Å². The number of nitrogens with one attached hydrogen (secondary N) is 1.